The summed E-state index contributed by atoms with van der Waals surface area (Å²) in [6.45, 7) is 3.25. The number of aryl methyl sites for hydroxylation is 1. The van der Waals surface area contributed by atoms with Gasteiger partial charge < -0.3 is 9.84 Å². The zero-order valence-electron chi connectivity index (χ0n) is 14.7. The average molecular weight is 323 g/mol. The Kier molecular flexibility index (Phi) is 3.57. The van der Waals surface area contributed by atoms with Crippen molar-refractivity contribution in [3.63, 3.8) is 0 Å². The van der Waals surface area contributed by atoms with Gasteiger partial charge in [0.05, 0.1) is 7.11 Å². The van der Waals surface area contributed by atoms with E-state index < -0.39 is 0 Å². The molecule has 1 atom stereocenters. The zero-order chi connectivity index (χ0) is 16.9. The minimum atomic E-state index is 0.177. The van der Waals surface area contributed by atoms with Crippen molar-refractivity contribution in [2.24, 2.45) is 0 Å². The Morgan fingerprint density at radius 1 is 1.21 bits per heavy atom. The summed E-state index contributed by atoms with van der Waals surface area (Å²) in [7, 11) is 3.83. The van der Waals surface area contributed by atoms with Crippen molar-refractivity contribution in [3.8, 4) is 11.5 Å². The third kappa shape index (κ3) is 2.22. The molecule has 2 aromatic carbocycles. The van der Waals surface area contributed by atoms with Gasteiger partial charge in [0, 0.05) is 18.0 Å². The number of phenolic OH excluding ortho intramolecular Hbond substituents is 1. The minimum absolute atomic E-state index is 0.177. The van der Waals surface area contributed by atoms with Gasteiger partial charge in [0.25, 0.3) is 0 Å². The number of methoxy groups -OCH3 is 1. The number of fused-ring (bicyclic) bond motifs is 1. The van der Waals surface area contributed by atoms with Crippen molar-refractivity contribution >= 4 is 0 Å². The molecule has 4 rings (SSSR count). The van der Waals surface area contributed by atoms with Crippen LogP contribution in [0.5, 0.6) is 11.5 Å². The molecule has 3 nitrogen and oxygen atoms in total. The van der Waals surface area contributed by atoms with Crippen LogP contribution in [0, 0.1) is 6.92 Å². The van der Waals surface area contributed by atoms with Gasteiger partial charge in [-0.05, 0) is 67.6 Å². The highest BCUT2D eigenvalue weighted by Gasteiger charge is 2.54. The quantitative estimate of drug-likeness (QED) is 0.928. The number of likely N-dealkylation sites (N-methyl/N-ethyl adjacent to an activating group) is 1. The molecule has 1 aliphatic carbocycles. The number of aromatic hydroxyl groups is 1. The maximum absolute atomic E-state index is 10.3. The number of ether oxygens (including phenoxy) is 1. The Bertz CT molecular complexity index is 779. The first-order chi connectivity index (χ1) is 11.6. The molecule has 0 aromatic heterocycles. The summed E-state index contributed by atoms with van der Waals surface area (Å²) in [4.78, 5) is 2.47. The Balaban J connectivity index is 1.85. The van der Waals surface area contributed by atoms with Gasteiger partial charge in [-0.15, -0.1) is 0 Å². The molecule has 1 unspecified atom stereocenters. The summed E-state index contributed by atoms with van der Waals surface area (Å²) in [5, 5.41) is 10.3. The highest BCUT2D eigenvalue weighted by atomic mass is 16.5. The van der Waals surface area contributed by atoms with E-state index in [4.69, 9.17) is 4.74 Å². The fourth-order valence-corrected chi connectivity index (χ4v) is 4.60. The van der Waals surface area contributed by atoms with E-state index in [1.54, 1.807) is 7.11 Å². The molecular formula is C21H25NO2. The van der Waals surface area contributed by atoms with E-state index in [9.17, 15) is 5.11 Å². The fourth-order valence-electron chi connectivity index (χ4n) is 4.60. The van der Waals surface area contributed by atoms with E-state index in [0.29, 0.717) is 11.8 Å². The molecule has 0 amide bonds. The standard InChI is InChI=1S/C21H25NO2/c1-14-6-4-5-7-17(14)21(9-10-21)20-16-13-18(23)19(24-3)12-15(16)8-11-22(20)2/h4-7,12-13,20,23H,8-11H2,1-3H3. The van der Waals surface area contributed by atoms with E-state index in [0.717, 1.165) is 13.0 Å². The molecule has 1 heterocycles. The van der Waals surface area contributed by atoms with Gasteiger partial charge in [0.15, 0.2) is 11.5 Å². The van der Waals surface area contributed by atoms with Gasteiger partial charge in [-0.3, -0.25) is 4.90 Å². The summed E-state index contributed by atoms with van der Waals surface area (Å²) in [5.41, 5.74) is 5.59. The Morgan fingerprint density at radius 2 is 1.96 bits per heavy atom. The molecule has 24 heavy (non-hydrogen) atoms. The summed E-state index contributed by atoms with van der Waals surface area (Å²) in [6.07, 6.45) is 3.42. The molecule has 3 heteroatoms. The number of hydrogen-bond donors (Lipinski definition) is 1. The predicted octanol–water partition coefficient (Wildman–Crippen LogP) is 3.97. The summed E-state index contributed by atoms with van der Waals surface area (Å²) in [5.74, 6) is 0.829. The van der Waals surface area contributed by atoms with Crippen LogP contribution in [0.2, 0.25) is 0 Å². The van der Waals surface area contributed by atoms with Crippen LogP contribution in [0.15, 0.2) is 36.4 Å². The lowest BCUT2D eigenvalue weighted by atomic mass is 9.77. The van der Waals surface area contributed by atoms with E-state index >= 15 is 0 Å². The topological polar surface area (TPSA) is 32.7 Å². The van der Waals surface area contributed by atoms with E-state index in [-0.39, 0.29) is 11.2 Å². The molecule has 0 bridgehead atoms. The second-order valence-electron chi connectivity index (χ2n) is 7.33. The lowest BCUT2D eigenvalue weighted by Crippen LogP contribution is -2.39. The smallest absolute Gasteiger partial charge is 0.160 e. The van der Waals surface area contributed by atoms with Crippen LogP contribution in [0.4, 0.5) is 0 Å². The fraction of sp³-hybridized carbons (Fsp3) is 0.429. The van der Waals surface area contributed by atoms with E-state index in [1.165, 1.54) is 35.1 Å². The molecule has 0 saturated heterocycles. The van der Waals surface area contributed by atoms with Crippen molar-refractivity contribution in [1.82, 2.24) is 4.90 Å². The lowest BCUT2D eigenvalue weighted by molar-refractivity contribution is 0.186. The molecule has 0 spiro atoms. The average Bonchev–Trinajstić information content (AvgIpc) is 3.36. The lowest BCUT2D eigenvalue weighted by Gasteiger charge is -2.41. The molecule has 1 N–H and O–H groups in total. The molecule has 1 saturated carbocycles. The first-order valence-electron chi connectivity index (χ1n) is 8.73. The van der Waals surface area contributed by atoms with Crippen molar-refractivity contribution in [2.75, 3.05) is 20.7 Å². The number of hydrogen-bond acceptors (Lipinski definition) is 3. The number of nitrogens with zero attached hydrogens (tertiary/aromatic N) is 1. The van der Waals surface area contributed by atoms with Gasteiger partial charge in [0.2, 0.25) is 0 Å². The largest absolute Gasteiger partial charge is 0.504 e. The minimum Gasteiger partial charge on any atom is -0.504 e. The second kappa shape index (κ2) is 5.52. The molecule has 1 aliphatic heterocycles. The molecule has 2 aliphatic rings. The third-order valence-electron chi connectivity index (χ3n) is 5.90. The number of rotatable bonds is 3. The normalized spacial score (nSPS) is 22.0. The van der Waals surface area contributed by atoms with E-state index in [1.807, 2.05) is 12.1 Å². The molecular weight excluding hydrogens is 298 g/mol. The van der Waals surface area contributed by atoms with Crippen molar-refractivity contribution < 1.29 is 9.84 Å². The SMILES string of the molecule is COc1cc2c(cc1O)C(C1(c3ccccc3C)CC1)N(C)CC2. The van der Waals surface area contributed by atoms with Crippen LogP contribution in [0.25, 0.3) is 0 Å². The van der Waals surface area contributed by atoms with Crippen molar-refractivity contribution in [1.29, 1.82) is 0 Å². The van der Waals surface area contributed by atoms with E-state index in [2.05, 4.69) is 43.1 Å². The first kappa shape index (κ1) is 15.5. The molecule has 1 fully saturated rings. The van der Waals surface area contributed by atoms with Crippen LogP contribution < -0.4 is 4.74 Å². The highest BCUT2D eigenvalue weighted by molar-refractivity contribution is 5.52. The monoisotopic (exact) mass is 323 g/mol. The third-order valence-corrected chi connectivity index (χ3v) is 5.90. The van der Waals surface area contributed by atoms with Crippen LogP contribution in [0.3, 0.4) is 0 Å². The Hall–Kier alpha value is -2.00. The second-order valence-corrected chi connectivity index (χ2v) is 7.33. The highest BCUT2D eigenvalue weighted by Crippen LogP contribution is 2.60. The van der Waals surface area contributed by atoms with Crippen molar-refractivity contribution in [2.45, 2.75) is 37.6 Å². The molecule has 2 aromatic rings. The summed E-state index contributed by atoms with van der Waals surface area (Å²) in [6, 6.07) is 13.0. The van der Waals surface area contributed by atoms with Gasteiger partial charge in [-0.1, -0.05) is 24.3 Å². The van der Waals surface area contributed by atoms with Gasteiger partial charge in [-0.2, -0.15) is 0 Å². The predicted molar refractivity (Wildman–Crippen MR) is 95.8 cm³/mol. The maximum Gasteiger partial charge on any atom is 0.160 e. The summed E-state index contributed by atoms with van der Waals surface area (Å²) < 4.78 is 5.31. The van der Waals surface area contributed by atoms with Crippen molar-refractivity contribution in [3.05, 3.63) is 58.7 Å². The molecule has 0 radical (unpaired) electrons. The summed E-state index contributed by atoms with van der Waals surface area (Å²) >= 11 is 0. The van der Waals surface area contributed by atoms with Gasteiger partial charge in [0.1, 0.15) is 0 Å². The van der Waals surface area contributed by atoms with Gasteiger partial charge in [-0.25, -0.2) is 0 Å². The number of benzene rings is 2. The number of phenols is 1. The Morgan fingerprint density at radius 3 is 2.62 bits per heavy atom. The first-order valence-corrected chi connectivity index (χ1v) is 8.73. The zero-order valence-corrected chi connectivity index (χ0v) is 14.7. The van der Waals surface area contributed by atoms with Crippen LogP contribution in [-0.2, 0) is 11.8 Å². The molecule has 126 valence electrons. The van der Waals surface area contributed by atoms with Crippen LogP contribution in [-0.4, -0.2) is 30.7 Å². The van der Waals surface area contributed by atoms with Gasteiger partial charge >= 0.3 is 0 Å². The Labute approximate surface area is 143 Å². The maximum atomic E-state index is 10.3. The van der Waals surface area contributed by atoms with Crippen LogP contribution in [0.1, 0.15) is 41.1 Å². The van der Waals surface area contributed by atoms with Crippen LogP contribution >= 0.6 is 0 Å².